The maximum Gasteiger partial charge on any atom is 0.137 e. The van der Waals surface area contributed by atoms with Gasteiger partial charge < -0.3 is 10.1 Å². The van der Waals surface area contributed by atoms with E-state index < -0.39 is 0 Å². The number of hydrogen-bond donors (Lipinski definition) is 1. The molecule has 0 aliphatic carbocycles. The zero-order chi connectivity index (χ0) is 8.10. The lowest BCUT2D eigenvalue weighted by Gasteiger charge is -2.04. The molecule has 0 radical (unpaired) electrons. The Bertz CT molecular complexity index is 210. The highest BCUT2D eigenvalue weighted by molar-refractivity contribution is 7.09. The van der Waals surface area contributed by atoms with E-state index in [9.17, 15) is 4.79 Å². The molecule has 0 unspecified atom stereocenters. The van der Waals surface area contributed by atoms with Gasteiger partial charge in [0.2, 0.25) is 0 Å². The van der Waals surface area contributed by atoms with Crippen molar-refractivity contribution >= 4 is 17.6 Å². The summed E-state index contributed by atoms with van der Waals surface area (Å²) >= 11 is 1.57. The Morgan fingerprint density at radius 2 is 2.73 bits per heavy atom. The number of thiazole rings is 1. The van der Waals surface area contributed by atoms with E-state index in [1.54, 1.807) is 24.6 Å². The summed E-state index contributed by atoms with van der Waals surface area (Å²) in [4.78, 5) is 14.4. The molecule has 1 aromatic rings. The number of hydrogen-bond acceptors (Lipinski definition) is 4. The molecule has 1 heterocycles. The molecule has 1 N–H and O–H groups in total. The molecule has 0 aromatic carbocycles. The van der Waals surface area contributed by atoms with Crippen molar-refractivity contribution in [3.05, 3.63) is 16.6 Å². The highest BCUT2D eigenvalue weighted by Gasteiger charge is 2.05. The van der Waals surface area contributed by atoms with Crippen LogP contribution in [0.5, 0.6) is 0 Å². The van der Waals surface area contributed by atoms with Gasteiger partial charge >= 0.3 is 0 Å². The summed E-state index contributed by atoms with van der Waals surface area (Å²) in [6.07, 6.45) is 3.34. The smallest absolute Gasteiger partial charge is 0.137 e. The average Bonchev–Trinajstić information content (AvgIpc) is 2.52. The van der Waals surface area contributed by atoms with Crippen LogP contribution >= 0.6 is 11.3 Å². The topological polar surface area (TPSA) is 42.0 Å². The fourth-order valence-corrected chi connectivity index (χ4v) is 1.44. The molecule has 0 aliphatic rings. The van der Waals surface area contributed by atoms with Crippen molar-refractivity contribution in [2.75, 3.05) is 7.05 Å². The van der Waals surface area contributed by atoms with Crippen LogP contribution in [-0.2, 0) is 11.2 Å². The molecule has 0 amide bonds. The van der Waals surface area contributed by atoms with E-state index in [-0.39, 0.29) is 6.04 Å². The summed E-state index contributed by atoms with van der Waals surface area (Å²) in [6, 6.07) is -0.0962. The Balaban J connectivity index is 2.47. The highest BCUT2D eigenvalue weighted by Crippen LogP contribution is 2.05. The predicted molar refractivity (Wildman–Crippen MR) is 44.7 cm³/mol. The van der Waals surface area contributed by atoms with E-state index in [0.717, 1.165) is 11.3 Å². The molecule has 3 nitrogen and oxygen atoms in total. The number of aldehydes is 1. The molecule has 0 saturated carbocycles. The second kappa shape index (κ2) is 4.20. The van der Waals surface area contributed by atoms with Crippen LogP contribution in [0, 0.1) is 0 Å². The summed E-state index contributed by atoms with van der Waals surface area (Å²) < 4.78 is 0. The summed E-state index contributed by atoms with van der Waals surface area (Å²) in [7, 11) is 1.77. The van der Waals surface area contributed by atoms with E-state index in [1.165, 1.54) is 0 Å². The zero-order valence-electron chi connectivity index (χ0n) is 6.28. The van der Waals surface area contributed by atoms with Crippen molar-refractivity contribution in [1.82, 2.24) is 10.3 Å². The second-order valence-electron chi connectivity index (χ2n) is 2.16. The van der Waals surface area contributed by atoms with Crippen molar-refractivity contribution < 1.29 is 4.79 Å². The molecule has 4 heteroatoms. The molecule has 0 bridgehead atoms. The Labute approximate surface area is 69.5 Å². The summed E-state index contributed by atoms with van der Waals surface area (Å²) in [6.45, 7) is 0. The minimum absolute atomic E-state index is 0.0962. The van der Waals surface area contributed by atoms with Crippen LogP contribution in [0.25, 0.3) is 0 Å². The van der Waals surface area contributed by atoms with E-state index in [0.29, 0.717) is 6.42 Å². The Morgan fingerprint density at radius 1 is 1.91 bits per heavy atom. The van der Waals surface area contributed by atoms with Gasteiger partial charge in [0.25, 0.3) is 0 Å². The van der Waals surface area contributed by atoms with Crippen molar-refractivity contribution in [2.45, 2.75) is 12.5 Å². The predicted octanol–water partition coefficient (Wildman–Crippen LogP) is 0.472. The van der Waals surface area contributed by atoms with Crippen LogP contribution in [0.4, 0.5) is 0 Å². The number of aromatic nitrogens is 1. The molecule has 11 heavy (non-hydrogen) atoms. The van der Waals surface area contributed by atoms with Crippen LogP contribution in [0.15, 0.2) is 11.6 Å². The van der Waals surface area contributed by atoms with Crippen LogP contribution < -0.4 is 5.32 Å². The Morgan fingerprint density at radius 3 is 3.18 bits per heavy atom. The Kier molecular flexibility index (Phi) is 3.19. The van der Waals surface area contributed by atoms with Crippen molar-refractivity contribution in [3.8, 4) is 0 Å². The largest absolute Gasteiger partial charge is 0.310 e. The van der Waals surface area contributed by atoms with Gasteiger partial charge in [-0.25, -0.2) is 4.98 Å². The number of nitrogens with one attached hydrogen (secondary N) is 1. The van der Waals surface area contributed by atoms with E-state index in [1.807, 2.05) is 5.38 Å². The lowest BCUT2D eigenvalue weighted by atomic mass is 10.2. The number of carbonyl (C=O) groups is 1. The Hall–Kier alpha value is -0.740. The first-order valence-electron chi connectivity index (χ1n) is 3.37. The molecule has 0 saturated heterocycles. The van der Waals surface area contributed by atoms with E-state index >= 15 is 0 Å². The maximum absolute atomic E-state index is 10.4. The van der Waals surface area contributed by atoms with Crippen molar-refractivity contribution in [2.24, 2.45) is 0 Å². The van der Waals surface area contributed by atoms with Crippen molar-refractivity contribution in [3.63, 3.8) is 0 Å². The van der Waals surface area contributed by atoms with E-state index in [2.05, 4.69) is 10.3 Å². The van der Waals surface area contributed by atoms with Gasteiger partial charge in [0.1, 0.15) is 6.29 Å². The van der Waals surface area contributed by atoms with Crippen molar-refractivity contribution in [1.29, 1.82) is 0 Å². The quantitative estimate of drug-likeness (QED) is 0.668. The third kappa shape index (κ3) is 2.40. The van der Waals surface area contributed by atoms with E-state index in [4.69, 9.17) is 0 Å². The minimum atomic E-state index is -0.0962. The van der Waals surface area contributed by atoms with Crippen LogP contribution in [0.1, 0.15) is 5.01 Å². The molecule has 1 atom stereocenters. The fraction of sp³-hybridized carbons (Fsp3) is 0.429. The van der Waals surface area contributed by atoms with Gasteiger partial charge in [-0.1, -0.05) is 0 Å². The van der Waals surface area contributed by atoms with Crippen LogP contribution in [0.3, 0.4) is 0 Å². The summed E-state index contributed by atoms with van der Waals surface area (Å²) in [5.41, 5.74) is 0. The SMILES string of the molecule is CN[C@@H](C=O)Cc1nccs1. The molecule has 1 rings (SSSR count). The molecular weight excluding hydrogens is 160 g/mol. The van der Waals surface area contributed by atoms with Crippen LogP contribution in [-0.4, -0.2) is 24.4 Å². The second-order valence-corrected chi connectivity index (χ2v) is 3.14. The number of rotatable bonds is 4. The first-order valence-corrected chi connectivity index (χ1v) is 4.25. The molecule has 0 aliphatic heterocycles. The van der Waals surface area contributed by atoms with Gasteiger partial charge in [-0.2, -0.15) is 0 Å². The number of nitrogens with zero attached hydrogens (tertiary/aromatic N) is 1. The molecule has 0 fully saturated rings. The maximum atomic E-state index is 10.4. The molecule has 0 spiro atoms. The number of carbonyl (C=O) groups excluding carboxylic acids is 1. The fourth-order valence-electron chi connectivity index (χ4n) is 0.760. The first-order chi connectivity index (χ1) is 5.36. The highest BCUT2D eigenvalue weighted by atomic mass is 32.1. The average molecular weight is 170 g/mol. The molecule has 1 aromatic heterocycles. The van der Waals surface area contributed by atoms with Gasteiger partial charge in [-0.3, -0.25) is 0 Å². The van der Waals surface area contributed by atoms with Gasteiger partial charge in [0, 0.05) is 18.0 Å². The third-order valence-electron chi connectivity index (χ3n) is 1.41. The van der Waals surface area contributed by atoms with Crippen LogP contribution in [0.2, 0.25) is 0 Å². The lowest BCUT2D eigenvalue weighted by molar-refractivity contribution is -0.109. The van der Waals surface area contributed by atoms with Gasteiger partial charge in [0.15, 0.2) is 0 Å². The first kappa shape index (κ1) is 8.36. The van der Waals surface area contributed by atoms with Gasteiger partial charge in [-0.05, 0) is 7.05 Å². The standard InChI is InChI=1S/C7H10N2OS/c1-8-6(5-10)4-7-9-2-3-11-7/h2-3,5-6,8H,4H2,1H3/t6-/m1/s1. The molecular formula is C7H10N2OS. The zero-order valence-corrected chi connectivity index (χ0v) is 7.10. The summed E-state index contributed by atoms with van der Waals surface area (Å²) in [5.74, 6) is 0. The lowest BCUT2D eigenvalue weighted by Crippen LogP contribution is -2.28. The van der Waals surface area contributed by atoms with Gasteiger partial charge in [-0.15, -0.1) is 11.3 Å². The third-order valence-corrected chi connectivity index (χ3v) is 2.22. The monoisotopic (exact) mass is 170 g/mol. The minimum Gasteiger partial charge on any atom is -0.310 e. The molecule has 60 valence electrons. The number of likely N-dealkylation sites (N-methyl/N-ethyl adjacent to an activating group) is 1. The summed E-state index contributed by atoms with van der Waals surface area (Å²) in [5, 5.41) is 5.79. The normalized spacial score (nSPS) is 12.8. The van der Waals surface area contributed by atoms with Gasteiger partial charge in [0.05, 0.1) is 11.0 Å².